The molecule has 0 aliphatic heterocycles. The van der Waals surface area contributed by atoms with Crippen molar-refractivity contribution in [3.63, 3.8) is 0 Å². The van der Waals surface area contributed by atoms with Crippen molar-refractivity contribution in [1.29, 1.82) is 0 Å². The summed E-state index contributed by atoms with van der Waals surface area (Å²) in [5.74, 6) is 0. The van der Waals surface area contributed by atoms with Gasteiger partial charge in [-0.25, -0.2) is 15.0 Å². The maximum atomic E-state index is 5.82. The quantitative estimate of drug-likeness (QED) is 0.798. The zero-order chi connectivity index (χ0) is 10.7. The van der Waals surface area contributed by atoms with Gasteiger partial charge in [0.25, 0.3) is 0 Å². The fraction of sp³-hybridized carbons (Fsp3) is 0.300. The lowest BCUT2D eigenvalue weighted by atomic mass is 10.2. The monoisotopic (exact) mass is 203 g/mol. The first-order chi connectivity index (χ1) is 7.27. The summed E-state index contributed by atoms with van der Waals surface area (Å²) in [6.07, 6.45) is 6.81. The Kier molecular flexibility index (Phi) is 2.73. The molecule has 78 valence electrons. The fourth-order valence-electron chi connectivity index (χ4n) is 1.43. The molecule has 2 rings (SSSR count). The largest absolute Gasteiger partial charge is 0.327 e. The average molecular weight is 203 g/mol. The minimum absolute atomic E-state index is 0.0191. The van der Waals surface area contributed by atoms with Crippen LogP contribution >= 0.6 is 0 Å². The van der Waals surface area contributed by atoms with Crippen molar-refractivity contribution in [3.05, 3.63) is 42.5 Å². The molecule has 0 unspecified atom stereocenters. The highest BCUT2D eigenvalue weighted by Gasteiger charge is 2.06. The lowest BCUT2D eigenvalue weighted by Gasteiger charge is -2.09. The molecule has 2 heterocycles. The molecule has 15 heavy (non-hydrogen) atoms. The van der Waals surface area contributed by atoms with E-state index in [0.717, 1.165) is 11.4 Å². The Morgan fingerprint density at radius 1 is 1.47 bits per heavy atom. The molecule has 5 heteroatoms. The minimum Gasteiger partial charge on any atom is -0.327 e. The maximum absolute atomic E-state index is 5.82. The summed E-state index contributed by atoms with van der Waals surface area (Å²) in [4.78, 5) is 12.1. The average Bonchev–Trinajstić information content (AvgIpc) is 2.67. The molecular weight excluding hydrogens is 190 g/mol. The van der Waals surface area contributed by atoms with Gasteiger partial charge >= 0.3 is 0 Å². The SMILES string of the molecule is C[C@H](N)c1cncn1Cc1ccncn1. The Bertz CT molecular complexity index is 420. The van der Waals surface area contributed by atoms with E-state index in [1.807, 2.05) is 17.6 Å². The van der Waals surface area contributed by atoms with Gasteiger partial charge in [-0.15, -0.1) is 0 Å². The first-order valence-electron chi connectivity index (χ1n) is 4.78. The number of nitrogens with zero attached hydrogens (tertiary/aromatic N) is 4. The smallest absolute Gasteiger partial charge is 0.115 e. The Hall–Kier alpha value is -1.75. The van der Waals surface area contributed by atoms with E-state index in [4.69, 9.17) is 5.73 Å². The summed E-state index contributed by atoms with van der Waals surface area (Å²) in [6.45, 7) is 2.62. The van der Waals surface area contributed by atoms with Crippen molar-refractivity contribution >= 4 is 0 Å². The number of aromatic nitrogens is 4. The second-order valence-corrected chi connectivity index (χ2v) is 3.44. The Morgan fingerprint density at radius 3 is 3.00 bits per heavy atom. The number of nitrogens with two attached hydrogens (primary N) is 1. The predicted octanol–water partition coefficient (Wildman–Crippen LogP) is 0.741. The van der Waals surface area contributed by atoms with Crippen molar-refractivity contribution < 1.29 is 0 Å². The Balaban J connectivity index is 2.21. The molecule has 2 N–H and O–H groups in total. The van der Waals surface area contributed by atoms with E-state index in [-0.39, 0.29) is 6.04 Å². The molecule has 0 aliphatic carbocycles. The van der Waals surface area contributed by atoms with Crippen LogP contribution in [0.5, 0.6) is 0 Å². The molecule has 0 spiro atoms. The van der Waals surface area contributed by atoms with Gasteiger partial charge in [0.05, 0.1) is 24.3 Å². The molecule has 0 radical (unpaired) electrons. The summed E-state index contributed by atoms with van der Waals surface area (Å²) < 4.78 is 1.99. The van der Waals surface area contributed by atoms with Crippen LogP contribution in [0.1, 0.15) is 24.4 Å². The number of imidazole rings is 1. The van der Waals surface area contributed by atoms with Gasteiger partial charge in [-0.05, 0) is 13.0 Å². The van der Waals surface area contributed by atoms with Crippen LogP contribution < -0.4 is 5.73 Å². The number of rotatable bonds is 3. The van der Waals surface area contributed by atoms with Gasteiger partial charge in [0.15, 0.2) is 0 Å². The zero-order valence-corrected chi connectivity index (χ0v) is 8.54. The van der Waals surface area contributed by atoms with E-state index in [1.54, 1.807) is 18.7 Å². The molecule has 2 aromatic rings. The van der Waals surface area contributed by atoms with Gasteiger partial charge < -0.3 is 10.3 Å². The van der Waals surface area contributed by atoms with E-state index in [0.29, 0.717) is 6.54 Å². The van der Waals surface area contributed by atoms with E-state index in [1.165, 1.54) is 6.33 Å². The molecule has 0 saturated heterocycles. The second kappa shape index (κ2) is 4.18. The zero-order valence-electron chi connectivity index (χ0n) is 8.54. The van der Waals surface area contributed by atoms with Crippen LogP contribution in [0.4, 0.5) is 0 Å². The van der Waals surface area contributed by atoms with Crippen LogP contribution in [0.3, 0.4) is 0 Å². The summed E-state index contributed by atoms with van der Waals surface area (Å²) in [6, 6.07) is 1.86. The lowest BCUT2D eigenvalue weighted by molar-refractivity contribution is 0.664. The third kappa shape index (κ3) is 2.19. The highest BCUT2D eigenvalue weighted by Crippen LogP contribution is 2.09. The summed E-state index contributed by atoms with van der Waals surface area (Å²) in [5, 5.41) is 0. The molecule has 0 saturated carbocycles. The molecule has 0 bridgehead atoms. The standard InChI is InChI=1S/C10H13N5/c1-8(11)10-4-13-7-15(10)5-9-2-3-12-6-14-9/h2-4,6-8H,5,11H2,1H3/t8-/m0/s1. The topological polar surface area (TPSA) is 69.6 Å². The van der Waals surface area contributed by atoms with E-state index < -0.39 is 0 Å². The highest BCUT2D eigenvalue weighted by atomic mass is 15.1. The van der Waals surface area contributed by atoms with Gasteiger partial charge in [-0.2, -0.15) is 0 Å². The Labute approximate surface area is 88.0 Å². The summed E-state index contributed by atoms with van der Waals surface area (Å²) >= 11 is 0. The van der Waals surface area contributed by atoms with Crippen molar-refractivity contribution in [3.8, 4) is 0 Å². The molecule has 0 fully saturated rings. The van der Waals surface area contributed by atoms with Crippen LogP contribution in [0, 0.1) is 0 Å². The lowest BCUT2D eigenvalue weighted by Crippen LogP contribution is -2.12. The van der Waals surface area contributed by atoms with Crippen LogP contribution in [-0.2, 0) is 6.54 Å². The van der Waals surface area contributed by atoms with Gasteiger partial charge in [0.1, 0.15) is 6.33 Å². The normalized spacial score (nSPS) is 12.7. The molecule has 0 aromatic carbocycles. The van der Waals surface area contributed by atoms with Gasteiger partial charge in [0.2, 0.25) is 0 Å². The van der Waals surface area contributed by atoms with Crippen molar-refractivity contribution in [2.45, 2.75) is 19.5 Å². The third-order valence-electron chi connectivity index (χ3n) is 2.19. The second-order valence-electron chi connectivity index (χ2n) is 3.44. The van der Waals surface area contributed by atoms with Gasteiger partial charge in [-0.1, -0.05) is 0 Å². The molecular formula is C10H13N5. The summed E-state index contributed by atoms with van der Waals surface area (Å²) in [5.41, 5.74) is 7.78. The van der Waals surface area contributed by atoms with E-state index >= 15 is 0 Å². The molecule has 0 aliphatic rings. The minimum atomic E-state index is -0.0191. The van der Waals surface area contributed by atoms with Crippen molar-refractivity contribution in [2.75, 3.05) is 0 Å². The van der Waals surface area contributed by atoms with Crippen LogP contribution in [0.2, 0.25) is 0 Å². The molecule has 2 aromatic heterocycles. The molecule has 1 atom stereocenters. The first kappa shape index (κ1) is 9.79. The summed E-state index contributed by atoms with van der Waals surface area (Å²) in [7, 11) is 0. The highest BCUT2D eigenvalue weighted by molar-refractivity contribution is 5.07. The fourth-order valence-corrected chi connectivity index (χ4v) is 1.43. The van der Waals surface area contributed by atoms with Crippen LogP contribution in [0.15, 0.2) is 31.1 Å². The van der Waals surface area contributed by atoms with Gasteiger partial charge in [-0.3, -0.25) is 0 Å². The van der Waals surface area contributed by atoms with Gasteiger partial charge in [0, 0.05) is 18.4 Å². The van der Waals surface area contributed by atoms with Crippen LogP contribution in [-0.4, -0.2) is 19.5 Å². The molecule has 0 amide bonds. The van der Waals surface area contributed by atoms with E-state index in [9.17, 15) is 0 Å². The third-order valence-corrected chi connectivity index (χ3v) is 2.19. The predicted molar refractivity (Wildman–Crippen MR) is 56.0 cm³/mol. The van der Waals surface area contributed by atoms with Crippen LogP contribution in [0.25, 0.3) is 0 Å². The number of hydrogen-bond donors (Lipinski definition) is 1. The van der Waals surface area contributed by atoms with Crippen molar-refractivity contribution in [1.82, 2.24) is 19.5 Å². The molecule has 5 nitrogen and oxygen atoms in total. The van der Waals surface area contributed by atoms with Crippen molar-refractivity contribution in [2.24, 2.45) is 5.73 Å². The number of hydrogen-bond acceptors (Lipinski definition) is 4. The maximum Gasteiger partial charge on any atom is 0.115 e. The Morgan fingerprint density at radius 2 is 2.33 bits per heavy atom. The van der Waals surface area contributed by atoms with E-state index in [2.05, 4.69) is 15.0 Å². The first-order valence-corrected chi connectivity index (χ1v) is 4.78.